The second kappa shape index (κ2) is 7.37. The molecule has 6 nitrogen and oxygen atoms in total. The second-order valence-electron chi connectivity index (χ2n) is 6.10. The van der Waals surface area contributed by atoms with Crippen molar-refractivity contribution in [3.8, 4) is 5.69 Å². The highest BCUT2D eigenvalue weighted by atomic mass is 79.9. The van der Waals surface area contributed by atoms with Crippen molar-refractivity contribution in [1.82, 2.24) is 20.0 Å². The number of halogens is 1. The summed E-state index contributed by atoms with van der Waals surface area (Å²) < 4.78 is 0.863. The first-order chi connectivity index (χ1) is 12.4. The van der Waals surface area contributed by atoms with Crippen molar-refractivity contribution in [3.63, 3.8) is 0 Å². The molecule has 26 heavy (non-hydrogen) atoms. The summed E-state index contributed by atoms with van der Waals surface area (Å²) in [6, 6.07) is 9.70. The van der Waals surface area contributed by atoms with Crippen molar-refractivity contribution in [3.05, 3.63) is 63.5 Å². The summed E-state index contributed by atoms with van der Waals surface area (Å²) in [5.74, 6) is 0.372. The number of benzene rings is 1. The largest absolute Gasteiger partial charge is 0.292 e. The summed E-state index contributed by atoms with van der Waals surface area (Å²) in [6.45, 7) is 8.24. The van der Waals surface area contributed by atoms with E-state index in [4.69, 9.17) is 0 Å². The van der Waals surface area contributed by atoms with Crippen LogP contribution in [-0.2, 0) is 0 Å². The van der Waals surface area contributed by atoms with Gasteiger partial charge in [0, 0.05) is 17.2 Å². The van der Waals surface area contributed by atoms with Crippen LogP contribution >= 0.6 is 15.9 Å². The van der Waals surface area contributed by atoms with Gasteiger partial charge in [-0.2, -0.15) is 9.90 Å². The topological polar surface area (TPSA) is 63.9 Å². The van der Waals surface area contributed by atoms with Gasteiger partial charge in [-0.3, -0.25) is 9.69 Å². The third-order valence-corrected chi connectivity index (χ3v) is 4.57. The van der Waals surface area contributed by atoms with E-state index in [1.807, 2.05) is 39.0 Å². The zero-order valence-corrected chi connectivity index (χ0v) is 16.8. The number of aryl methyl sites for hydroxylation is 3. The fourth-order valence-corrected chi connectivity index (χ4v) is 3.01. The molecule has 0 bridgehead atoms. The van der Waals surface area contributed by atoms with Gasteiger partial charge in [-0.25, -0.2) is 4.98 Å². The summed E-state index contributed by atoms with van der Waals surface area (Å²) in [7, 11) is 0. The third-order valence-electron chi connectivity index (χ3n) is 4.10. The number of anilines is 1. The SMILES string of the molecule is CCN(C(=O)c1nn(-c2ccc(C)cc2C)nc1C)c1ccc(Br)cn1. The number of carbonyl (C=O) groups is 1. The number of aromatic nitrogens is 4. The van der Waals surface area contributed by atoms with Crippen LogP contribution in [0.2, 0.25) is 0 Å². The maximum absolute atomic E-state index is 13.0. The van der Waals surface area contributed by atoms with E-state index in [2.05, 4.69) is 37.2 Å². The quantitative estimate of drug-likeness (QED) is 0.647. The first-order valence-electron chi connectivity index (χ1n) is 8.35. The molecule has 0 aliphatic carbocycles. The van der Waals surface area contributed by atoms with E-state index in [0.29, 0.717) is 23.8 Å². The van der Waals surface area contributed by atoms with E-state index < -0.39 is 0 Å². The Morgan fingerprint density at radius 2 is 1.92 bits per heavy atom. The van der Waals surface area contributed by atoms with Crippen LogP contribution in [0.15, 0.2) is 41.0 Å². The number of carbonyl (C=O) groups excluding carboxylic acids is 1. The molecule has 0 saturated heterocycles. The summed E-state index contributed by atoms with van der Waals surface area (Å²) in [5, 5.41) is 8.91. The second-order valence-corrected chi connectivity index (χ2v) is 7.01. The van der Waals surface area contributed by atoms with Crippen LogP contribution in [-0.4, -0.2) is 32.4 Å². The maximum atomic E-state index is 13.0. The van der Waals surface area contributed by atoms with Crippen LogP contribution in [0.25, 0.3) is 5.69 Å². The lowest BCUT2D eigenvalue weighted by molar-refractivity contribution is 0.0981. The molecule has 0 radical (unpaired) electrons. The first-order valence-corrected chi connectivity index (χ1v) is 9.15. The summed E-state index contributed by atoms with van der Waals surface area (Å²) in [4.78, 5) is 20.5. The zero-order valence-electron chi connectivity index (χ0n) is 15.2. The number of rotatable bonds is 4. The highest BCUT2D eigenvalue weighted by Crippen LogP contribution is 2.19. The predicted octanol–water partition coefficient (Wildman–Crippen LogP) is 4.02. The summed E-state index contributed by atoms with van der Waals surface area (Å²) >= 11 is 3.36. The molecule has 1 aromatic carbocycles. The van der Waals surface area contributed by atoms with Gasteiger partial charge in [0.25, 0.3) is 5.91 Å². The Morgan fingerprint density at radius 3 is 2.54 bits per heavy atom. The number of hydrogen-bond donors (Lipinski definition) is 0. The van der Waals surface area contributed by atoms with Crippen LogP contribution in [0, 0.1) is 20.8 Å². The molecule has 0 fully saturated rings. The summed E-state index contributed by atoms with van der Waals surface area (Å²) in [6.07, 6.45) is 1.67. The smallest absolute Gasteiger partial charge is 0.281 e. The van der Waals surface area contributed by atoms with E-state index in [1.165, 1.54) is 10.4 Å². The molecule has 0 atom stereocenters. The van der Waals surface area contributed by atoms with Gasteiger partial charge >= 0.3 is 0 Å². The Labute approximate surface area is 161 Å². The van der Waals surface area contributed by atoms with Crippen LogP contribution in [0.3, 0.4) is 0 Å². The monoisotopic (exact) mass is 413 g/mol. The molecule has 134 valence electrons. The Balaban J connectivity index is 1.97. The van der Waals surface area contributed by atoms with Gasteiger partial charge in [-0.1, -0.05) is 17.7 Å². The molecular weight excluding hydrogens is 394 g/mol. The van der Waals surface area contributed by atoms with Crippen LogP contribution in [0.1, 0.15) is 34.2 Å². The third kappa shape index (κ3) is 3.53. The van der Waals surface area contributed by atoms with Gasteiger partial charge in [0.15, 0.2) is 5.69 Å². The van der Waals surface area contributed by atoms with Gasteiger partial charge < -0.3 is 0 Å². The van der Waals surface area contributed by atoms with Crippen LogP contribution in [0.5, 0.6) is 0 Å². The molecule has 0 N–H and O–H groups in total. The van der Waals surface area contributed by atoms with Gasteiger partial charge in [0.1, 0.15) is 5.82 Å². The van der Waals surface area contributed by atoms with Crippen molar-refractivity contribution < 1.29 is 4.79 Å². The Morgan fingerprint density at radius 1 is 1.15 bits per heavy atom. The van der Waals surface area contributed by atoms with Gasteiger partial charge in [0.05, 0.1) is 11.4 Å². The van der Waals surface area contributed by atoms with E-state index in [-0.39, 0.29) is 5.91 Å². The van der Waals surface area contributed by atoms with Crippen molar-refractivity contribution in [2.24, 2.45) is 0 Å². The van der Waals surface area contributed by atoms with Crippen molar-refractivity contribution in [1.29, 1.82) is 0 Å². The highest BCUT2D eigenvalue weighted by molar-refractivity contribution is 9.10. The fraction of sp³-hybridized carbons (Fsp3) is 0.263. The van der Waals surface area contributed by atoms with Gasteiger partial charge in [-0.05, 0) is 67.4 Å². The van der Waals surface area contributed by atoms with Crippen molar-refractivity contribution >= 4 is 27.7 Å². The Bertz CT molecular complexity index is 949. The molecule has 0 saturated carbocycles. The van der Waals surface area contributed by atoms with Crippen molar-refractivity contribution in [2.45, 2.75) is 27.7 Å². The van der Waals surface area contributed by atoms with E-state index in [0.717, 1.165) is 15.7 Å². The van der Waals surface area contributed by atoms with E-state index >= 15 is 0 Å². The molecule has 0 unspecified atom stereocenters. The number of nitrogens with zero attached hydrogens (tertiary/aromatic N) is 5. The standard InChI is InChI=1S/C19H20BrN5O/c1-5-24(17-9-7-15(20)11-21-17)19(26)18-14(4)22-25(23-18)16-8-6-12(2)10-13(16)3/h6-11H,5H2,1-4H3. The predicted molar refractivity (Wildman–Crippen MR) is 105 cm³/mol. The lowest BCUT2D eigenvalue weighted by Gasteiger charge is -2.18. The van der Waals surface area contributed by atoms with Crippen LogP contribution < -0.4 is 4.90 Å². The fourth-order valence-electron chi connectivity index (χ4n) is 2.78. The normalized spacial score (nSPS) is 10.8. The zero-order chi connectivity index (χ0) is 18.8. The molecule has 0 aliphatic heterocycles. The Kier molecular flexibility index (Phi) is 5.18. The highest BCUT2D eigenvalue weighted by Gasteiger charge is 2.23. The average molecular weight is 414 g/mol. The molecule has 0 spiro atoms. The van der Waals surface area contributed by atoms with Crippen LogP contribution in [0.4, 0.5) is 5.82 Å². The van der Waals surface area contributed by atoms with E-state index in [9.17, 15) is 4.79 Å². The number of pyridine rings is 1. The van der Waals surface area contributed by atoms with E-state index in [1.54, 1.807) is 24.1 Å². The molecule has 2 aromatic heterocycles. The minimum Gasteiger partial charge on any atom is -0.292 e. The minimum absolute atomic E-state index is 0.212. The lowest BCUT2D eigenvalue weighted by atomic mass is 10.1. The molecular formula is C19H20BrN5O. The first kappa shape index (κ1) is 18.3. The number of hydrogen-bond acceptors (Lipinski definition) is 4. The molecule has 2 heterocycles. The van der Waals surface area contributed by atoms with Gasteiger partial charge in [-0.15, -0.1) is 5.10 Å². The minimum atomic E-state index is -0.212. The molecule has 3 rings (SSSR count). The molecule has 0 aliphatic rings. The number of amides is 1. The average Bonchev–Trinajstić information content (AvgIpc) is 2.98. The molecule has 1 amide bonds. The molecule has 7 heteroatoms. The molecule has 3 aromatic rings. The summed E-state index contributed by atoms with van der Waals surface area (Å²) in [5.41, 5.74) is 4.01. The lowest BCUT2D eigenvalue weighted by Crippen LogP contribution is -2.32. The maximum Gasteiger partial charge on any atom is 0.281 e. The van der Waals surface area contributed by atoms with Crippen molar-refractivity contribution in [2.75, 3.05) is 11.4 Å². The Hall–Kier alpha value is -2.54. The van der Waals surface area contributed by atoms with Gasteiger partial charge in [0.2, 0.25) is 0 Å².